The second-order valence-electron chi connectivity index (χ2n) is 7.30. The lowest BCUT2D eigenvalue weighted by atomic mass is 9.83. The third-order valence-corrected chi connectivity index (χ3v) is 5.44. The molecule has 0 aliphatic carbocycles. The molecule has 0 saturated heterocycles. The van der Waals surface area contributed by atoms with Crippen molar-refractivity contribution in [1.82, 2.24) is 15.3 Å². The topological polar surface area (TPSA) is 54.9 Å². The predicted molar refractivity (Wildman–Crippen MR) is 107 cm³/mol. The zero-order chi connectivity index (χ0) is 21.1. The van der Waals surface area contributed by atoms with Crippen molar-refractivity contribution >= 4 is 17.2 Å². The van der Waals surface area contributed by atoms with E-state index in [1.54, 1.807) is 32.3 Å². The Morgan fingerprint density at radius 1 is 1.14 bits per heavy atom. The van der Waals surface area contributed by atoms with E-state index in [1.807, 2.05) is 17.5 Å². The first kappa shape index (κ1) is 21.0. The second kappa shape index (κ2) is 8.32. The molecule has 1 amide bonds. The van der Waals surface area contributed by atoms with E-state index in [0.29, 0.717) is 11.3 Å². The molecule has 29 heavy (non-hydrogen) atoms. The predicted octanol–water partition coefficient (Wildman–Crippen LogP) is 4.86. The van der Waals surface area contributed by atoms with Crippen molar-refractivity contribution in [2.75, 3.05) is 6.54 Å². The number of aromatic nitrogens is 2. The molecule has 0 aliphatic rings. The van der Waals surface area contributed by atoms with Crippen molar-refractivity contribution in [1.29, 1.82) is 0 Å². The molecule has 1 N–H and O–H groups in total. The largest absolute Gasteiger partial charge is 0.416 e. The minimum absolute atomic E-state index is 0.107. The molecule has 0 unspecified atom stereocenters. The number of halogens is 3. The lowest BCUT2D eigenvalue weighted by Gasteiger charge is -2.26. The number of pyridine rings is 1. The molecule has 0 radical (unpaired) electrons. The van der Waals surface area contributed by atoms with Crippen molar-refractivity contribution in [3.63, 3.8) is 0 Å². The van der Waals surface area contributed by atoms with E-state index in [-0.39, 0.29) is 18.9 Å². The van der Waals surface area contributed by atoms with Crippen LogP contribution in [0.3, 0.4) is 0 Å². The highest BCUT2D eigenvalue weighted by Crippen LogP contribution is 2.32. The Labute approximate surface area is 170 Å². The summed E-state index contributed by atoms with van der Waals surface area (Å²) in [6, 6.07) is 8.91. The van der Waals surface area contributed by atoms with Crippen LogP contribution in [0.25, 0.3) is 10.6 Å². The summed E-state index contributed by atoms with van der Waals surface area (Å²) >= 11 is 1.43. The second-order valence-corrected chi connectivity index (χ2v) is 8.16. The Morgan fingerprint density at radius 2 is 1.90 bits per heavy atom. The van der Waals surface area contributed by atoms with Crippen molar-refractivity contribution < 1.29 is 18.0 Å². The van der Waals surface area contributed by atoms with E-state index in [1.165, 1.54) is 17.4 Å². The number of carbonyl (C=O) groups excluding carboxylic acids is 1. The first-order valence-corrected chi connectivity index (χ1v) is 9.82. The van der Waals surface area contributed by atoms with Gasteiger partial charge < -0.3 is 5.32 Å². The number of nitrogens with one attached hydrogen (secondary N) is 1. The van der Waals surface area contributed by atoms with E-state index >= 15 is 0 Å². The van der Waals surface area contributed by atoms with Gasteiger partial charge in [-0.05, 0) is 23.8 Å². The molecule has 0 saturated carbocycles. The third-order valence-electron chi connectivity index (χ3n) is 4.50. The van der Waals surface area contributed by atoms with Crippen molar-refractivity contribution in [3.05, 3.63) is 71.0 Å². The molecule has 3 rings (SSSR count). The fraction of sp³-hybridized carbons (Fsp3) is 0.286. The zero-order valence-corrected chi connectivity index (χ0v) is 16.8. The third kappa shape index (κ3) is 5.41. The summed E-state index contributed by atoms with van der Waals surface area (Å²) in [6.45, 7) is 3.81. The molecule has 4 nitrogen and oxygen atoms in total. The number of rotatable bonds is 6. The van der Waals surface area contributed by atoms with E-state index < -0.39 is 17.2 Å². The Kier molecular flexibility index (Phi) is 6.02. The van der Waals surface area contributed by atoms with Crippen LogP contribution in [0.4, 0.5) is 13.2 Å². The van der Waals surface area contributed by atoms with E-state index in [4.69, 9.17) is 0 Å². The first-order valence-electron chi connectivity index (χ1n) is 8.94. The highest BCUT2D eigenvalue weighted by atomic mass is 32.1. The number of amides is 1. The van der Waals surface area contributed by atoms with E-state index in [0.717, 1.165) is 22.7 Å². The lowest BCUT2D eigenvalue weighted by Crippen LogP contribution is -2.37. The van der Waals surface area contributed by atoms with E-state index in [9.17, 15) is 18.0 Å². The van der Waals surface area contributed by atoms with Crippen molar-refractivity contribution in [2.45, 2.75) is 31.9 Å². The van der Waals surface area contributed by atoms with Gasteiger partial charge in [0.15, 0.2) is 0 Å². The smallest absolute Gasteiger partial charge is 0.355 e. The summed E-state index contributed by atoms with van der Waals surface area (Å²) in [6.07, 6.45) is -0.904. The number of carbonyl (C=O) groups is 1. The number of nitrogens with zero attached hydrogens (tertiary/aromatic N) is 2. The number of benzene rings is 1. The molecule has 0 atom stereocenters. The molecule has 8 heteroatoms. The normalized spacial score (nSPS) is 12.0. The summed E-state index contributed by atoms with van der Waals surface area (Å²) in [5.74, 6) is -0.229. The molecule has 0 spiro atoms. The Hall–Kier alpha value is -2.74. The molecule has 2 heterocycles. The van der Waals surface area contributed by atoms with E-state index in [2.05, 4.69) is 15.3 Å². The standard InChI is InChI=1S/C21H20F3N3OS/c1-20(2,15-6-3-7-16(9-15)21(22,23)24)13-26-18(28)10-17-12-29-19(27-17)14-5-4-8-25-11-14/h3-9,11-12H,10,13H2,1-2H3,(H,26,28). The number of hydrogen-bond donors (Lipinski definition) is 1. The van der Waals surface area contributed by atoms with Crippen LogP contribution in [-0.2, 0) is 22.8 Å². The summed E-state index contributed by atoms with van der Waals surface area (Å²) in [5.41, 5.74) is 0.692. The molecular weight excluding hydrogens is 399 g/mol. The minimum atomic E-state index is -4.40. The van der Waals surface area contributed by atoms with Crippen LogP contribution < -0.4 is 5.32 Å². The number of thiazole rings is 1. The lowest BCUT2D eigenvalue weighted by molar-refractivity contribution is -0.137. The van der Waals surface area contributed by atoms with Gasteiger partial charge in [0.2, 0.25) is 5.91 Å². The van der Waals surface area contributed by atoms with Gasteiger partial charge in [-0.2, -0.15) is 13.2 Å². The quantitative estimate of drug-likeness (QED) is 0.621. The summed E-state index contributed by atoms with van der Waals surface area (Å²) < 4.78 is 38.9. The SMILES string of the molecule is CC(C)(CNC(=O)Cc1csc(-c2cccnc2)n1)c1cccc(C(F)(F)F)c1. The Morgan fingerprint density at radius 3 is 2.59 bits per heavy atom. The molecule has 0 bridgehead atoms. The average Bonchev–Trinajstić information content (AvgIpc) is 3.15. The van der Waals surface area contributed by atoms with Gasteiger partial charge in [-0.15, -0.1) is 11.3 Å². The fourth-order valence-electron chi connectivity index (χ4n) is 2.78. The molecule has 0 fully saturated rings. The minimum Gasteiger partial charge on any atom is -0.355 e. The fourth-order valence-corrected chi connectivity index (χ4v) is 3.59. The van der Waals surface area contributed by atoms with Gasteiger partial charge >= 0.3 is 6.18 Å². The van der Waals surface area contributed by atoms with Crippen LogP contribution in [0.15, 0.2) is 54.2 Å². The maximum absolute atomic E-state index is 13.0. The van der Waals surface area contributed by atoms with Crippen LogP contribution in [-0.4, -0.2) is 22.4 Å². The summed E-state index contributed by atoms with van der Waals surface area (Å²) in [7, 11) is 0. The van der Waals surface area contributed by atoms with Crippen LogP contribution in [0.2, 0.25) is 0 Å². The van der Waals surface area contributed by atoms with Crippen LogP contribution in [0.1, 0.15) is 30.7 Å². The van der Waals surface area contributed by atoms with Gasteiger partial charge in [-0.1, -0.05) is 32.0 Å². The highest BCUT2D eigenvalue weighted by molar-refractivity contribution is 7.13. The van der Waals surface area contributed by atoms with Gasteiger partial charge in [-0.3, -0.25) is 9.78 Å². The summed E-state index contributed by atoms with van der Waals surface area (Å²) in [5, 5.41) is 5.41. The number of alkyl halides is 3. The molecule has 1 aromatic carbocycles. The molecule has 2 aromatic heterocycles. The molecule has 3 aromatic rings. The zero-order valence-electron chi connectivity index (χ0n) is 16.0. The van der Waals surface area contributed by atoms with Gasteiger partial charge in [0.25, 0.3) is 0 Å². The van der Waals surface area contributed by atoms with Crippen LogP contribution in [0.5, 0.6) is 0 Å². The summed E-state index contributed by atoms with van der Waals surface area (Å²) in [4.78, 5) is 20.8. The number of hydrogen-bond acceptors (Lipinski definition) is 4. The van der Waals surface area contributed by atoms with Gasteiger partial charge in [0, 0.05) is 35.3 Å². The monoisotopic (exact) mass is 419 g/mol. The Balaban J connectivity index is 1.61. The van der Waals surface area contributed by atoms with Gasteiger partial charge in [0.05, 0.1) is 17.7 Å². The van der Waals surface area contributed by atoms with Crippen molar-refractivity contribution in [3.8, 4) is 10.6 Å². The highest BCUT2D eigenvalue weighted by Gasteiger charge is 2.32. The molecular formula is C21H20F3N3OS. The maximum atomic E-state index is 13.0. The Bertz CT molecular complexity index is 984. The van der Waals surface area contributed by atoms with Gasteiger partial charge in [0.1, 0.15) is 5.01 Å². The maximum Gasteiger partial charge on any atom is 0.416 e. The van der Waals surface area contributed by atoms with Crippen LogP contribution >= 0.6 is 11.3 Å². The van der Waals surface area contributed by atoms with Crippen molar-refractivity contribution in [2.24, 2.45) is 0 Å². The van der Waals surface area contributed by atoms with Crippen LogP contribution in [0, 0.1) is 0 Å². The average molecular weight is 419 g/mol. The molecule has 152 valence electrons. The van der Waals surface area contributed by atoms with Gasteiger partial charge in [-0.25, -0.2) is 4.98 Å². The molecule has 0 aliphatic heterocycles. The first-order chi connectivity index (χ1) is 13.6.